The van der Waals surface area contributed by atoms with Gasteiger partial charge in [-0.2, -0.15) is 0 Å². The molecule has 0 radical (unpaired) electrons. The Morgan fingerprint density at radius 3 is 2.43 bits per heavy atom. The van der Waals surface area contributed by atoms with Crippen molar-refractivity contribution in [2.75, 3.05) is 6.54 Å². The van der Waals surface area contributed by atoms with Crippen molar-refractivity contribution >= 4 is 5.78 Å². The molecule has 0 unspecified atom stereocenters. The van der Waals surface area contributed by atoms with Gasteiger partial charge < -0.3 is 0 Å². The molecule has 1 aliphatic heterocycles. The van der Waals surface area contributed by atoms with Gasteiger partial charge in [0, 0.05) is 24.4 Å². The Kier molecular flexibility index (Phi) is 2.65. The summed E-state index contributed by atoms with van der Waals surface area (Å²) in [5.74, 6) is 0.471. The smallest absolute Gasteiger partial charge is 0.133 e. The SMILES string of the molecule is CC1(C)CCCN1C1CCC(=O)CC1. The lowest BCUT2D eigenvalue weighted by Gasteiger charge is -2.40. The second-order valence-corrected chi connectivity index (χ2v) is 5.38. The Morgan fingerprint density at radius 1 is 1.29 bits per heavy atom. The standard InChI is InChI=1S/C12H21NO/c1-12(2)8-3-9-13(12)10-4-6-11(14)7-5-10/h10H,3-9H2,1-2H3. The molecule has 2 rings (SSSR count). The second kappa shape index (κ2) is 3.65. The number of carbonyl (C=O) groups excluding carboxylic acids is 1. The van der Waals surface area contributed by atoms with Gasteiger partial charge in [-0.3, -0.25) is 9.69 Å². The highest BCUT2D eigenvalue weighted by atomic mass is 16.1. The molecule has 1 heterocycles. The zero-order chi connectivity index (χ0) is 10.2. The lowest BCUT2D eigenvalue weighted by molar-refractivity contribution is -0.121. The minimum atomic E-state index is 0.380. The molecular formula is C12H21NO. The molecule has 0 N–H and O–H groups in total. The number of likely N-dealkylation sites (tertiary alicyclic amines) is 1. The van der Waals surface area contributed by atoms with Gasteiger partial charge in [-0.05, 0) is 46.1 Å². The first-order valence-corrected chi connectivity index (χ1v) is 5.88. The first-order valence-electron chi connectivity index (χ1n) is 5.88. The monoisotopic (exact) mass is 195 g/mol. The van der Waals surface area contributed by atoms with Crippen LogP contribution in [0.3, 0.4) is 0 Å². The maximum atomic E-state index is 11.2. The van der Waals surface area contributed by atoms with Gasteiger partial charge in [0.15, 0.2) is 0 Å². The number of hydrogen-bond acceptors (Lipinski definition) is 2. The van der Waals surface area contributed by atoms with E-state index in [0.717, 1.165) is 25.7 Å². The van der Waals surface area contributed by atoms with E-state index < -0.39 is 0 Å². The van der Waals surface area contributed by atoms with Crippen molar-refractivity contribution in [2.24, 2.45) is 0 Å². The van der Waals surface area contributed by atoms with Gasteiger partial charge in [0.2, 0.25) is 0 Å². The summed E-state index contributed by atoms with van der Waals surface area (Å²) in [6.45, 7) is 5.93. The Bertz CT molecular complexity index is 224. The van der Waals surface area contributed by atoms with E-state index in [2.05, 4.69) is 18.7 Å². The lowest BCUT2D eigenvalue weighted by Crippen LogP contribution is -2.46. The summed E-state index contributed by atoms with van der Waals surface area (Å²) in [5.41, 5.74) is 0.380. The van der Waals surface area contributed by atoms with Crippen LogP contribution >= 0.6 is 0 Å². The van der Waals surface area contributed by atoms with Crippen molar-refractivity contribution in [1.82, 2.24) is 4.90 Å². The van der Waals surface area contributed by atoms with Gasteiger partial charge >= 0.3 is 0 Å². The fraction of sp³-hybridized carbons (Fsp3) is 0.917. The molecule has 0 bridgehead atoms. The zero-order valence-corrected chi connectivity index (χ0v) is 9.38. The highest BCUT2D eigenvalue weighted by Crippen LogP contribution is 2.34. The number of Topliss-reactive ketones (excluding diaryl/α,β-unsaturated/α-hetero) is 1. The van der Waals surface area contributed by atoms with Gasteiger partial charge in [0.05, 0.1) is 0 Å². The van der Waals surface area contributed by atoms with E-state index in [1.165, 1.54) is 19.4 Å². The van der Waals surface area contributed by atoms with E-state index >= 15 is 0 Å². The van der Waals surface area contributed by atoms with Gasteiger partial charge in [-0.15, -0.1) is 0 Å². The van der Waals surface area contributed by atoms with Crippen molar-refractivity contribution in [3.63, 3.8) is 0 Å². The normalized spacial score (nSPS) is 29.7. The lowest BCUT2D eigenvalue weighted by atomic mass is 9.90. The van der Waals surface area contributed by atoms with Crippen LogP contribution in [0.15, 0.2) is 0 Å². The van der Waals surface area contributed by atoms with Gasteiger partial charge in [-0.25, -0.2) is 0 Å². The van der Waals surface area contributed by atoms with Crippen LogP contribution in [-0.4, -0.2) is 28.8 Å². The van der Waals surface area contributed by atoms with Gasteiger partial charge in [0.25, 0.3) is 0 Å². The van der Waals surface area contributed by atoms with E-state index in [0.29, 0.717) is 17.4 Å². The number of hydrogen-bond donors (Lipinski definition) is 0. The third kappa shape index (κ3) is 1.85. The third-order valence-electron chi connectivity index (χ3n) is 3.92. The predicted octanol–water partition coefficient (Wildman–Crippen LogP) is 2.37. The van der Waals surface area contributed by atoms with Crippen LogP contribution < -0.4 is 0 Å². The van der Waals surface area contributed by atoms with E-state index in [1.807, 2.05) is 0 Å². The topological polar surface area (TPSA) is 20.3 Å². The molecule has 2 aliphatic rings. The summed E-state index contributed by atoms with van der Waals surface area (Å²) in [6.07, 6.45) is 6.48. The summed E-state index contributed by atoms with van der Waals surface area (Å²) in [5, 5.41) is 0. The molecule has 1 saturated carbocycles. The number of carbonyl (C=O) groups is 1. The van der Waals surface area contributed by atoms with E-state index in [4.69, 9.17) is 0 Å². The summed E-state index contributed by atoms with van der Waals surface area (Å²) in [4.78, 5) is 13.8. The summed E-state index contributed by atoms with van der Waals surface area (Å²) in [7, 11) is 0. The summed E-state index contributed by atoms with van der Waals surface area (Å²) >= 11 is 0. The molecule has 80 valence electrons. The second-order valence-electron chi connectivity index (χ2n) is 5.38. The average Bonchev–Trinajstić information content (AvgIpc) is 2.47. The molecule has 0 aromatic rings. The van der Waals surface area contributed by atoms with Crippen LogP contribution in [0.5, 0.6) is 0 Å². The highest BCUT2D eigenvalue weighted by Gasteiger charge is 2.37. The van der Waals surface area contributed by atoms with Crippen molar-refractivity contribution < 1.29 is 4.79 Å². The first-order chi connectivity index (χ1) is 6.59. The maximum absolute atomic E-state index is 11.2. The molecule has 0 aromatic carbocycles. The van der Waals surface area contributed by atoms with E-state index in [9.17, 15) is 4.79 Å². The molecular weight excluding hydrogens is 174 g/mol. The number of nitrogens with zero attached hydrogens (tertiary/aromatic N) is 1. The molecule has 2 nitrogen and oxygen atoms in total. The highest BCUT2D eigenvalue weighted by molar-refractivity contribution is 5.79. The zero-order valence-electron chi connectivity index (χ0n) is 9.38. The number of rotatable bonds is 1. The van der Waals surface area contributed by atoms with Crippen molar-refractivity contribution in [3.05, 3.63) is 0 Å². The average molecular weight is 195 g/mol. The quantitative estimate of drug-likeness (QED) is 0.640. The Balaban J connectivity index is 1.98. The molecule has 0 amide bonds. The van der Waals surface area contributed by atoms with E-state index in [1.54, 1.807) is 0 Å². The molecule has 0 atom stereocenters. The Hall–Kier alpha value is -0.370. The largest absolute Gasteiger partial charge is 0.300 e. The van der Waals surface area contributed by atoms with Crippen LogP contribution in [0.2, 0.25) is 0 Å². The van der Waals surface area contributed by atoms with Crippen LogP contribution in [0.1, 0.15) is 52.4 Å². The molecule has 1 saturated heterocycles. The van der Waals surface area contributed by atoms with Crippen molar-refractivity contribution in [2.45, 2.75) is 64.0 Å². The van der Waals surface area contributed by atoms with Crippen LogP contribution in [-0.2, 0) is 4.79 Å². The fourth-order valence-electron chi connectivity index (χ4n) is 3.04. The molecule has 2 heteroatoms. The molecule has 2 fully saturated rings. The van der Waals surface area contributed by atoms with Crippen LogP contribution in [0.4, 0.5) is 0 Å². The Morgan fingerprint density at radius 2 is 1.93 bits per heavy atom. The Labute approximate surface area is 86.7 Å². The first kappa shape index (κ1) is 10.2. The van der Waals surface area contributed by atoms with Gasteiger partial charge in [0.1, 0.15) is 5.78 Å². The van der Waals surface area contributed by atoms with Gasteiger partial charge in [-0.1, -0.05) is 0 Å². The van der Waals surface area contributed by atoms with Crippen LogP contribution in [0.25, 0.3) is 0 Å². The van der Waals surface area contributed by atoms with Crippen LogP contribution in [0, 0.1) is 0 Å². The molecule has 14 heavy (non-hydrogen) atoms. The van der Waals surface area contributed by atoms with Crippen molar-refractivity contribution in [1.29, 1.82) is 0 Å². The third-order valence-corrected chi connectivity index (χ3v) is 3.92. The fourth-order valence-corrected chi connectivity index (χ4v) is 3.04. The predicted molar refractivity (Wildman–Crippen MR) is 57.3 cm³/mol. The maximum Gasteiger partial charge on any atom is 0.133 e. The molecule has 0 spiro atoms. The van der Waals surface area contributed by atoms with E-state index in [-0.39, 0.29) is 0 Å². The minimum Gasteiger partial charge on any atom is -0.300 e. The number of ketones is 1. The summed E-state index contributed by atoms with van der Waals surface area (Å²) in [6, 6.07) is 0.685. The molecule has 0 aromatic heterocycles. The van der Waals surface area contributed by atoms with Crippen molar-refractivity contribution in [3.8, 4) is 0 Å². The molecule has 1 aliphatic carbocycles. The summed E-state index contributed by atoms with van der Waals surface area (Å²) < 4.78 is 0. The minimum absolute atomic E-state index is 0.380.